The van der Waals surface area contributed by atoms with Crippen LogP contribution < -0.4 is 0 Å². The largest absolute Gasteiger partial charge is 0.396 e. The van der Waals surface area contributed by atoms with E-state index in [9.17, 15) is 5.11 Å². The molecule has 2 heteroatoms. The Morgan fingerprint density at radius 1 is 1.25 bits per heavy atom. The second-order valence-corrected chi connectivity index (χ2v) is 4.86. The van der Waals surface area contributed by atoms with Crippen LogP contribution >= 0.6 is 0 Å². The summed E-state index contributed by atoms with van der Waals surface area (Å²) < 4.78 is 0. The van der Waals surface area contributed by atoms with E-state index in [1.165, 1.54) is 16.7 Å². The van der Waals surface area contributed by atoms with Gasteiger partial charge in [-0.3, -0.25) is 0 Å². The summed E-state index contributed by atoms with van der Waals surface area (Å²) in [6.07, 6.45) is 0. The fraction of sp³-hybridized carbons (Fsp3) is 0.571. The van der Waals surface area contributed by atoms with Crippen LogP contribution in [0.1, 0.15) is 29.7 Å². The topological polar surface area (TPSA) is 23.5 Å². The van der Waals surface area contributed by atoms with E-state index in [4.69, 9.17) is 0 Å². The minimum absolute atomic E-state index is 0.218. The van der Waals surface area contributed by atoms with Crippen molar-refractivity contribution < 1.29 is 5.11 Å². The quantitative estimate of drug-likeness (QED) is 0.844. The van der Waals surface area contributed by atoms with Crippen LogP contribution in [0.15, 0.2) is 18.2 Å². The molecule has 2 atom stereocenters. The minimum atomic E-state index is 0.218. The number of aliphatic hydroxyl groups excluding tert-OH is 1. The van der Waals surface area contributed by atoms with E-state index in [0.717, 1.165) is 0 Å². The molecular formula is C14H23NO. The van der Waals surface area contributed by atoms with Crippen LogP contribution in [0.3, 0.4) is 0 Å². The molecule has 0 aromatic heterocycles. The predicted molar refractivity (Wildman–Crippen MR) is 68.6 cm³/mol. The molecule has 1 N–H and O–H groups in total. The Labute approximate surface area is 98.9 Å². The number of aryl methyl sites for hydroxylation is 1. The zero-order chi connectivity index (χ0) is 12.3. The summed E-state index contributed by atoms with van der Waals surface area (Å²) in [5.74, 6) is 0.246. The molecule has 0 spiro atoms. The van der Waals surface area contributed by atoms with Crippen LogP contribution in [-0.2, 0) is 0 Å². The third-order valence-corrected chi connectivity index (χ3v) is 3.35. The van der Waals surface area contributed by atoms with Gasteiger partial charge in [-0.15, -0.1) is 0 Å². The van der Waals surface area contributed by atoms with Crippen LogP contribution in [0.4, 0.5) is 0 Å². The maximum Gasteiger partial charge on any atom is 0.0474 e. The Morgan fingerprint density at radius 2 is 1.88 bits per heavy atom. The Bertz CT molecular complexity index is 347. The fourth-order valence-corrected chi connectivity index (χ4v) is 2.29. The van der Waals surface area contributed by atoms with Crippen molar-refractivity contribution in [3.05, 3.63) is 34.9 Å². The maximum atomic E-state index is 9.35. The normalized spacial score (nSPS) is 15.2. The first-order valence-corrected chi connectivity index (χ1v) is 5.82. The van der Waals surface area contributed by atoms with E-state index in [1.54, 1.807) is 0 Å². The van der Waals surface area contributed by atoms with E-state index in [1.807, 2.05) is 0 Å². The number of rotatable bonds is 4. The monoisotopic (exact) mass is 221 g/mol. The van der Waals surface area contributed by atoms with E-state index in [-0.39, 0.29) is 18.6 Å². The molecule has 0 radical (unpaired) electrons. The van der Waals surface area contributed by atoms with Gasteiger partial charge in [-0.1, -0.05) is 25.1 Å². The lowest BCUT2D eigenvalue weighted by atomic mass is 9.89. The van der Waals surface area contributed by atoms with Crippen LogP contribution in [0, 0.1) is 19.8 Å². The predicted octanol–water partition coefficient (Wildman–Crippen LogP) is 2.53. The molecule has 2 nitrogen and oxygen atoms in total. The average molecular weight is 221 g/mol. The Hall–Kier alpha value is -0.860. The van der Waals surface area contributed by atoms with Gasteiger partial charge >= 0.3 is 0 Å². The van der Waals surface area contributed by atoms with Gasteiger partial charge in [0.1, 0.15) is 0 Å². The smallest absolute Gasteiger partial charge is 0.0474 e. The summed E-state index contributed by atoms with van der Waals surface area (Å²) in [5, 5.41) is 9.35. The molecule has 0 saturated carbocycles. The van der Waals surface area contributed by atoms with Gasteiger partial charge in [0.25, 0.3) is 0 Å². The molecule has 16 heavy (non-hydrogen) atoms. The second-order valence-electron chi connectivity index (χ2n) is 4.86. The first kappa shape index (κ1) is 13.2. The lowest BCUT2D eigenvalue weighted by molar-refractivity contribution is 0.145. The van der Waals surface area contributed by atoms with Crippen molar-refractivity contribution in [3.63, 3.8) is 0 Å². The molecule has 1 aromatic rings. The first-order valence-electron chi connectivity index (χ1n) is 5.82. The SMILES string of the molecule is Cc1cccc(C(C(C)CO)N(C)C)c1C. The van der Waals surface area contributed by atoms with Crippen molar-refractivity contribution in [2.75, 3.05) is 20.7 Å². The van der Waals surface area contributed by atoms with Gasteiger partial charge in [0.15, 0.2) is 0 Å². The van der Waals surface area contributed by atoms with Gasteiger partial charge in [0, 0.05) is 12.6 Å². The lowest BCUT2D eigenvalue weighted by Gasteiger charge is -2.31. The van der Waals surface area contributed by atoms with Crippen LogP contribution in [-0.4, -0.2) is 30.7 Å². The van der Waals surface area contributed by atoms with Gasteiger partial charge < -0.3 is 10.0 Å². The number of benzene rings is 1. The molecule has 90 valence electrons. The average Bonchev–Trinajstić information content (AvgIpc) is 2.24. The Kier molecular flexibility index (Phi) is 4.51. The Balaban J connectivity index is 3.16. The summed E-state index contributed by atoms with van der Waals surface area (Å²) in [7, 11) is 4.14. The number of aliphatic hydroxyl groups is 1. The van der Waals surface area contributed by atoms with E-state index >= 15 is 0 Å². The molecular weight excluding hydrogens is 198 g/mol. The molecule has 1 rings (SSSR count). The van der Waals surface area contributed by atoms with Crippen molar-refractivity contribution in [3.8, 4) is 0 Å². The zero-order valence-electron chi connectivity index (χ0n) is 11.0. The molecule has 0 heterocycles. The van der Waals surface area contributed by atoms with Crippen molar-refractivity contribution in [1.82, 2.24) is 4.90 Å². The summed E-state index contributed by atoms with van der Waals surface area (Å²) in [5.41, 5.74) is 3.97. The van der Waals surface area contributed by atoms with Crippen LogP contribution in [0.2, 0.25) is 0 Å². The summed E-state index contributed by atoms with van der Waals surface area (Å²) in [6, 6.07) is 6.68. The van der Waals surface area contributed by atoms with Crippen LogP contribution in [0.25, 0.3) is 0 Å². The molecule has 0 amide bonds. The van der Waals surface area contributed by atoms with Gasteiger partial charge in [0.05, 0.1) is 0 Å². The van der Waals surface area contributed by atoms with E-state index in [2.05, 4.69) is 58.0 Å². The number of hydrogen-bond donors (Lipinski definition) is 1. The molecule has 2 unspecified atom stereocenters. The van der Waals surface area contributed by atoms with Crippen molar-refractivity contribution in [2.45, 2.75) is 26.8 Å². The van der Waals surface area contributed by atoms with E-state index in [0.29, 0.717) is 0 Å². The van der Waals surface area contributed by atoms with Crippen molar-refractivity contribution in [1.29, 1.82) is 0 Å². The summed E-state index contributed by atoms with van der Waals surface area (Å²) in [6.45, 7) is 6.60. The van der Waals surface area contributed by atoms with Gasteiger partial charge in [0.2, 0.25) is 0 Å². The second kappa shape index (κ2) is 5.46. The van der Waals surface area contributed by atoms with Crippen molar-refractivity contribution in [2.24, 2.45) is 5.92 Å². The summed E-state index contributed by atoms with van der Waals surface area (Å²) in [4.78, 5) is 2.18. The number of nitrogens with zero attached hydrogens (tertiary/aromatic N) is 1. The summed E-state index contributed by atoms with van der Waals surface area (Å²) >= 11 is 0. The number of hydrogen-bond acceptors (Lipinski definition) is 2. The highest BCUT2D eigenvalue weighted by Gasteiger charge is 2.22. The van der Waals surface area contributed by atoms with Gasteiger partial charge in [-0.25, -0.2) is 0 Å². The standard InChI is InChI=1S/C14H23NO/c1-10-7-6-8-13(12(10)3)14(15(4)5)11(2)9-16/h6-8,11,14,16H,9H2,1-5H3. The highest BCUT2D eigenvalue weighted by atomic mass is 16.3. The first-order chi connectivity index (χ1) is 7.49. The van der Waals surface area contributed by atoms with Gasteiger partial charge in [-0.05, 0) is 50.6 Å². The molecule has 0 aliphatic rings. The minimum Gasteiger partial charge on any atom is -0.396 e. The Morgan fingerprint density at radius 3 is 2.38 bits per heavy atom. The fourth-order valence-electron chi connectivity index (χ4n) is 2.29. The molecule has 0 saturated heterocycles. The van der Waals surface area contributed by atoms with Gasteiger partial charge in [-0.2, -0.15) is 0 Å². The lowest BCUT2D eigenvalue weighted by Crippen LogP contribution is -2.28. The molecule has 1 aromatic carbocycles. The maximum absolute atomic E-state index is 9.35. The highest BCUT2D eigenvalue weighted by Crippen LogP contribution is 2.30. The van der Waals surface area contributed by atoms with E-state index < -0.39 is 0 Å². The molecule has 0 aliphatic carbocycles. The molecule has 0 aliphatic heterocycles. The highest BCUT2D eigenvalue weighted by molar-refractivity contribution is 5.35. The molecule has 0 fully saturated rings. The third-order valence-electron chi connectivity index (χ3n) is 3.35. The zero-order valence-corrected chi connectivity index (χ0v) is 11.0. The van der Waals surface area contributed by atoms with Crippen LogP contribution in [0.5, 0.6) is 0 Å². The molecule has 0 bridgehead atoms. The van der Waals surface area contributed by atoms with Crippen molar-refractivity contribution >= 4 is 0 Å². The third kappa shape index (κ3) is 2.63.